The minimum Gasteiger partial charge on any atom is -0.505 e. The summed E-state index contributed by atoms with van der Waals surface area (Å²) in [4.78, 5) is 37.1. The number of rotatable bonds is 8. The highest BCUT2D eigenvalue weighted by molar-refractivity contribution is 5.91. The number of aromatic nitrogens is 1. The van der Waals surface area contributed by atoms with Crippen molar-refractivity contribution in [2.75, 3.05) is 11.9 Å². The van der Waals surface area contributed by atoms with Gasteiger partial charge in [-0.1, -0.05) is 30.3 Å². The van der Waals surface area contributed by atoms with Gasteiger partial charge in [0.2, 0.25) is 0 Å². The van der Waals surface area contributed by atoms with Gasteiger partial charge in [0.05, 0.1) is 19.1 Å². The molecule has 2 amide bonds. The number of carbonyl (C=O) groups excluding carboxylic acids is 2. The number of carbonyl (C=O) groups is 2. The Kier molecular flexibility index (Phi) is 7.69. The van der Waals surface area contributed by atoms with Gasteiger partial charge in [0.15, 0.2) is 5.69 Å². The lowest BCUT2D eigenvalue weighted by Gasteiger charge is -2.20. The lowest BCUT2D eigenvalue weighted by molar-refractivity contribution is -0.143. The van der Waals surface area contributed by atoms with E-state index in [1.165, 1.54) is 23.9 Å². The molecule has 1 unspecified atom stereocenters. The first-order valence-corrected chi connectivity index (χ1v) is 10.3. The number of amides is 2. The van der Waals surface area contributed by atoms with Crippen molar-refractivity contribution in [1.29, 1.82) is 0 Å². The molecule has 0 aliphatic rings. The Bertz CT molecular complexity index is 1180. The number of anilines is 1. The molecule has 0 saturated carbocycles. The van der Waals surface area contributed by atoms with Crippen LogP contribution in [0.25, 0.3) is 0 Å². The largest absolute Gasteiger partial charge is 0.505 e. The minimum absolute atomic E-state index is 0.144. The Labute approximate surface area is 190 Å². The van der Waals surface area contributed by atoms with E-state index in [-0.39, 0.29) is 24.5 Å². The number of benzene rings is 2. The first kappa shape index (κ1) is 23.4. The molecule has 1 heterocycles. The molecule has 0 fully saturated rings. The van der Waals surface area contributed by atoms with Crippen LogP contribution in [0, 0.1) is 0 Å². The second-order valence-electron chi connectivity index (χ2n) is 7.14. The summed E-state index contributed by atoms with van der Waals surface area (Å²) in [5, 5.41) is 15.0. The van der Waals surface area contributed by atoms with E-state index in [1.54, 1.807) is 43.3 Å². The van der Waals surface area contributed by atoms with Crippen LogP contribution < -0.4 is 20.9 Å². The zero-order valence-corrected chi connectivity index (χ0v) is 18.3. The molecular formula is C24H25N3O6. The van der Waals surface area contributed by atoms with Crippen LogP contribution in [0.15, 0.2) is 71.7 Å². The van der Waals surface area contributed by atoms with Crippen molar-refractivity contribution in [2.45, 2.75) is 19.4 Å². The average molecular weight is 451 g/mol. The van der Waals surface area contributed by atoms with Crippen molar-refractivity contribution in [3.05, 3.63) is 82.8 Å². The van der Waals surface area contributed by atoms with Gasteiger partial charge in [0.1, 0.15) is 17.2 Å². The molecular weight excluding hydrogens is 426 g/mol. The van der Waals surface area contributed by atoms with Crippen LogP contribution in [-0.4, -0.2) is 28.3 Å². The zero-order valence-electron chi connectivity index (χ0n) is 18.3. The van der Waals surface area contributed by atoms with Crippen LogP contribution in [0.4, 0.5) is 10.5 Å². The lowest BCUT2D eigenvalue weighted by atomic mass is 10.0. The topological polar surface area (TPSA) is 119 Å². The third kappa shape index (κ3) is 6.36. The van der Waals surface area contributed by atoms with Crippen molar-refractivity contribution >= 4 is 17.7 Å². The third-order valence-electron chi connectivity index (χ3n) is 4.71. The molecule has 0 saturated heterocycles. The molecule has 3 rings (SSSR count). The van der Waals surface area contributed by atoms with Crippen LogP contribution >= 0.6 is 0 Å². The van der Waals surface area contributed by atoms with Gasteiger partial charge in [-0.25, -0.2) is 4.79 Å². The summed E-state index contributed by atoms with van der Waals surface area (Å²) in [5.74, 6) is 0.283. The van der Waals surface area contributed by atoms with Gasteiger partial charge in [-0.15, -0.1) is 0 Å². The molecule has 9 heteroatoms. The first-order valence-electron chi connectivity index (χ1n) is 10.3. The maximum absolute atomic E-state index is 12.7. The van der Waals surface area contributed by atoms with E-state index in [0.717, 1.165) is 0 Å². The highest BCUT2D eigenvalue weighted by atomic mass is 16.5. The summed E-state index contributed by atoms with van der Waals surface area (Å²) in [6, 6.07) is 15.9. The highest BCUT2D eigenvalue weighted by Crippen LogP contribution is 2.26. The fraction of sp³-hybridized carbons (Fsp3) is 0.208. The van der Waals surface area contributed by atoms with Gasteiger partial charge < -0.3 is 29.8 Å². The number of pyridine rings is 1. The van der Waals surface area contributed by atoms with Crippen molar-refractivity contribution in [3.8, 4) is 17.2 Å². The Morgan fingerprint density at radius 3 is 2.52 bits per heavy atom. The number of esters is 1. The maximum atomic E-state index is 12.7. The number of ether oxygens (including phenoxy) is 2. The number of hydrogen-bond acceptors (Lipinski definition) is 6. The van der Waals surface area contributed by atoms with Crippen molar-refractivity contribution in [2.24, 2.45) is 7.05 Å². The number of nitrogens with zero attached hydrogens (tertiary/aromatic N) is 1. The van der Waals surface area contributed by atoms with Crippen molar-refractivity contribution in [3.63, 3.8) is 0 Å². The van der Waals surface area contributed by atoms with Crippen LogP contribution in [0.2, 0.25) is 0 Å². The summed E-state index contributed by atoms with van der Waals surface area (Å²) in [6.45, 7) is 1.89. The standard InChI is InChI=1S/C24H25N3O6/c1-3-32-21(29)15-19(25-24(31)26-22-20(28)12-13-27(2)23(22)30)16-8-7-11-18(14-16)33-17-9-5-4-6-10-17/h4-14,19,28H,3,15H2,1-2H3,(H2,25,26,31). The maximum Gasteiger partial charge on any atom is 0.319 e. The molecule has 3 aromatic rings. The van der Waals surface area contributed by atoms with Gasteiger partial charge in [-0.3, -0.25) is 9.59 Å². The van der Waals surface area contributed by atoms with Crippen molar-refractivity contribution < 1.29 is 24.2 Å². The molecule has 0 bridgehead atoms. The van der Waals surface area contributed by atoms with E-state index in [4.69, 9.17) is 9.47 Å². The number of aryl methyl sites for hydroxylation is 1. The predicted octanol–water partition coefficient (Wildman–Crippen LogP) is 3.70. The van der Waals surface area contributed by atoms with Gasteiger partial charge in [0, 0.05) is 13.2 Å². The second kappa shape index (κ2) is 10.9. The molecule has 1 atom stereocenters. The van der Waals surface area contributed by atoms with E-state index in [9.17, 15) is 19.5 Å². The Morgan fingerprint density at radius 2 is 1.79 bits per heavy atom. The van der Waals surface area contributed by atoms with E-state index in [1.807, 2.05) is 18.2 Å². The molecule has 0 aliphatic carbocycles. The molecule has 3 N–H and O–H groups in total. The summed E-state index contributed by atoms with van der Waals surface area (Å²) in [6.07, 6.45) is 1.23. The second-order valence-corrected chi connectivity index (χ2v) is 7.14. The highest BCUT2D eigenvalue weighted by Gasteiger charge is 2.21. The van der Waals surface area contributed by atoms with E-state index in [2.05, 4.69) is 10.6 Å². The number of hydrogen-bond donors (Lipinski definition) is 3. The van der Waals surface area contributed by atoms with E-state index in [0.29, 0.717) is 17.1 Å². The fourth-order valence-corrected chi connectivity index (χ4v) is 3.10. The molecule has 0 radical (unpaired) electrons. The molecule has 172 valence electrons. The molecule has 1 aromatic heterocycles. The van der Waals surface area contributed by atoms with Gasteiger partial charge >= 0.3 is 12.0 Å². The SMILES string of the molecule is CCOC(=O)CC(NC(=O)Nc1c(O)ccn(C)c1=O)c1cccc(Oc2ccccc2)c1. The third-order valence-corrected chi connectivity index (χ3v) is 4.71. The molecule has 33 heavy (non-hydrogen) atoms. The van der Waals surface area contributed by atoms with Crippen LogP contribution in [-0.2, 0) is 16.6 Å². The van der Waals surface area contributed by atoms with Crippen LogP contribution in [0.5, 0.6) is 17.2 Å². The number of aromatic hydroxyl groups is 1. The Morgan fingerprint density at radius 1 is 1.06 bits per heavy atom. The summed E-state index contributed by atoms with van der Waals surface area (Å²) in [7, 11) is 1.49. The normalized spacial score (nSPS) is 11.3. The monoisotopic (exact) mass is 451 g/mol. The predicted molar refractivity (Wildman–Crippen MR) is 122 cm³/mol. The molecule has 0 aliphatic heterocycles. The zero-order chi connectivity index (χ0) is 23.8. The van der Waals surface area contributed by atoms with E-state index < -0.39 is 23.6 Å². The summed E-state index contributed by atoms with van der Waals surface area (Å²) >= 11 is 0. The smallest absolute Gasteiger partial charge is 0.319 e. The molecule has 0 spiro atoms. The van der Waals surface area contributed by atoms with Gasteiger partial charge in [-0.05, 0) is 42.8 Å². The minimum atomic E-state index is -0.780. The van der Waals surface area contributed by atoms with Crippen LogP contribution in [0.3, 0.4) is 0 Å². The number of urea groups is 1. The number of para-hydroxylation sites is 1. The van der Waals surface area contributed by atoms with Crippen molar-refractivity contribution in [1.82, 2.24) is 9.88 Å². The Balaban J connectivity index is 1.82. The quantitative estimate of drug-likeness (QED) is 0.450. The van der Waals surface area contributed by atoms with Gasteiger partial charge in [0.25, 0.3) is 5.56 Å². The Hall–Kier alpha value is -4.27. The summed E-state index contributed by atoms with van der Waals surface area (Å²) in [5.41, 5.74) is -0.254. The van der Waals surface area contributed by atoms with Gasteiger partial charge in [-0.2, -0.15) is 0 Å². The van der Waals surface area contributed by atoms with E-state index >= 15 is 0 Å². The average Bonchev–Trinajstić information content (AvgIpc) is 2.80. The fourth-order valence-electron chi connectivity index (χ4n) is 3.10. The number of nitrogens with one attached hydrogen (secondary N) is 2. The molecule has 2 aromatic carbocycles. The lowest BCUT2D eigenvalue weighted by Crippen LogP contribution is -2.36. The van der Waals surface area contributed by atoms with Crippen LogP contribution in [0.1, 0.15) is 24.9 Å². The summed E-state index contributed by atoms with van der Waals surface area (Å²) < 4.78 is 12.1. The first-order chi connectivity index (χ1) is 15.9. The molecule has 9 nitrogen and oxygen atoms in total.